The molecule has 4 rings (SSSR count). The number of aliphatic imine (C=N–C) groups is 1. The van der Waals surface area contributed by atoms with E-state index in [1.54, 1.807) is 12.1 Å². The van der Waals surface area contributed by atoms with Crippen molar-refractivity contribution in [2.24, 2.45) is 10.7 Å². The van der Waals surface area contributed by atoms with Crippen molar-refractivity contribution in [1.29, 1.82) is 0 Å². The Bertz CT molecular complexity index is 865. The Balaban J connectivity index is 1.52. The molecule has 3 N–H and O–H groups in total. The van der Waals surface area contributed by atoms with Gasteiger partial charge in [-0.2, -0.15) is 0 Å². The number of para-hydroxylation sites is 1. The summed E-state index contributed by atoms with van der Waals surface area (Å²) in [5.74, 6) is 0.926. The van der Waals surface area contributed by atoms with Crippen molar-refractivity contribution in [3.63, 3.8) is 0 Å². The van der Waals surface area contributed by atoms with Gasteiger partial charge in [-0.3, -0.25) is 9.89 Å². The molecule has 2 unspecified atom stereocenters. The highest BCUT2D eigenvalue weighted by Gasteiger charge is 2.28. The number of nitrogens with one attached hydrogen (secondary N) is 1. The molecule has 0 aromatic heterocycles. The van der Waals surface area contributed by atoms with Crippen LogP contribution in [0.5, 0.6) is 5.75 Å². The van der Waals surface area contributed by atoms with Crippen molar-refractivity contribution in [2.75, 3.05) is 26.2 Å². The zero-order valence-corrected chi connectivity index (χ0v) is 17.0. The lowest BCUT2D eigenvalue weighted by molar-refractivity contribution is 0.246. The zero-order chi connectivity index (χ0) is 20.2. The van der Waals surface area contributed by atoms with Gasteiger partial charge in [0.2, 0.25) is 0 Å². The molecule has 2 atom stereocenters. The molecular formula is C22H26ClFN4O. The quantitative estimate of drug-likeness (QED) is 0.570. The number of hydrogen-bond acceptors (Lipinski definition) is 3. The molecule has 0 bridgehead atoms. The van der Waals surface area contributed by atoms with Gasteiger partial charge in [-0.15, -0.1) is 0 Å². The second-order valence-corrected chi connectivity index (χ2v) is 7.90. The Kier molecular flexibility index (Phi) is 6.21. The largest absolute Gasteiger partial charge is 0.493 e. The summed E-state index contributed by atoms with van der Waals surface area (Å²) in [4.78, 5) is 6.81. The van der Waals surface area contributed by atoms with Crippen LogP contribution in [0, 0.1) is 5.82 Å². The first-order valence-electron chi connectivity index (χ1n) is 10.1. The second-order valence-electron chi connectivity index (χ2n) is 7.49. The number of fused-ring (bicyclic) bond motifs is 1. The fraction of sp³-hybridized carbons (Fsp3) is 0.409. The number of halogens is 2. The van der Waals surface area contributed by atoms with Crippen LogP contribution >= 0.6 is 11.6 Å². The molecule has 29 heavy (non-hydrogen) atoms. The molecule has 2 aliphatic heterocycles. The standard InChI is InChI=1S/C22H26ClFN4O/c23-16-7-5-8-17(24)21(16)19(28-11-3-4-12-28)14-26-22(25)27-18-10-13-29-20-9-2-1-6-15(18)20/h1-2,5-9,18-19H,3-4,10-14H2,(H3,25,26,27). The lowest BCUT2D eigenvalue weighted by atomic mass is 10.0. The molecule has 0 amide bonds. The minimum atomic E-state index is -0.297. The third-order valence-electron chi connectivity index (χ3n) is 5.63. The first-order chi connectivity index (χ1) is 14.1. The van der Waals surface area contributed by atoms with Crippen LogP contribution in [0.2, 0.25) is 5.02 Å². The Hall–Kier alpha value is -2.31. The third kappa shape index (κ3) is 4.49. The van der Waals surface area contributed by atoms with E-state index in [1.165, 1.54) is 6.07 Å². The smallest absolute Gasteiger partial charge is 0.189 e. The first-order valence-corrected chi connectivity index (χ1v) is 10.5. The Labute approximate surface area is 175 Å². The monoisotopic (exact) mass is 416 g/mol. The summed E-state index contributed by atoms with van der Waals surface area (Å²) >= 11 is 6.35. The number of likely N-dealkylation sites (tertiary alicyclic amines) is 1. The molecule has 154 valence electrons. The zero-order valence-electron chi connectivity index (χ0n) is 16.3. The third-order valence-corrected chi connectivity index (χ3v) is 5.96. The number of nitrogens with two attached hydrogens (primary N) is 1. The van der Waals surface area contributed by atoms with Crippen molar-refractivity contribution < 1.29 is 9.13 Å². The van der Waals surface area contributed by atoms with Crippen LogP contribution in [0.4, 0.5) is 4.39 Å². The average molecular weight is 417 g/mol. The number of ether oxygens (including phenoxy) is 1. The van der Waals surface area contributed by atoms with E-state index in [9.17, 15) is 4.39 Å². The van der Waals surface area contributed by atoms with Gasteiger partial charge in [-0.1, -0.05) is 35.9 Å². The van der Waals surface area contributed by atoms with Crippen molar-refractivity contribution in [1.82, 2.24) is 10.2 Å². The van der Waals surface area contributed by atoms with Crippen LogP contribution in [-0.4, -0.2) is 37.1 Å². The van der Waals surface area contributed by atoms with E-state index in [1.807, 2.05) is 24.3 Å². The second kappa shape index (κ2) is 9.01. The molecule has 7 heteroatoms. The van der Waals surface area contributed by atoms with Gasteiger partial charge < -0.3 is 15.8 Å². The summed E-state index contributed by atoms with van der Waals surface area (Å²) in [6.45, 7) is 2.80. The molecule has 2 aromatic carbocycles. The number of nitrogens with zero attached hydrogens (tertiary/aromatic N) is 2. The minimum Gasteiger partial charge on any atom is -0.493 e. The van der Waals surface area contributed by atoms with E-state index in [0.29, 0.717) is 29.7 Å². The Morgan fingerprint density at radius 3 is 2.83 bits per heavy atom. The summed E-state index contributed by atoms with van der Waals surface area (Å²) in [6.07, 6.45) is 3.00. The molecule has 2 aromatic rings. The van der Waals surface area contributed by atoms with Crippen LogP contribution in [0.25, 0.3) is 0 Å². The maximum Gasteiger partial charge on any atom is 0.189 e. The first kappa shape index (κ1) is 20.0. The molecule has 1 fully saturated rings. The molecule has 0 aliphatic carbocycles. The van der Waals surface area contributed by atoms with Crippen LogP contribution < -0.4 is 15.8 Å². The SMILES string of the molecule is NC(=NCC(c1c(F)cccc1Cl)N1CCCC1)NC1CCOc2ccccc21. The van der Waals surface area contributed by atoms with E-state index in [0.717, 1.165) is 43.7 Å². The predicted molar refractivity (Wildman–Crippen MR) is 114 cm³/mol. The summed E-state index contributed by atoms with van der Waals surface area (Å²) in [6, 6.07) is 12.6. The van der Waals surface area contributed by atoms with Gasteiger partial charge in [0.15, 0.2) is 5.96 Å². The minimum absolute atomic E-state index is 0.0472. The van der Waals surface area contributed by atoms with Gasteiger partial charge in [0.05, 0.1) is 25.2 Å². The van der Waals surface area contributed by atoms with Crippen molar-refractivity contribution >= 4 is 17.6 Å². The maximum absolute atomic E-state index is 14.6. The molecule has 0 spiro atoms. The highest BCUT2D eigenvalue weighted by molar-refractivity contribution is 6.31. The topological polar surface area (TPSA) is 62.9 Å². The van der Waals surface area contributed by atoms with Gasteiger partial charge in [0.25, 0.3) is 0 Å². The fourth-order valence-corrected chi connectivity index (χ4v) is 4.46. The van der Waals surface area contributed by atoms with Crippen LogP contribution in [0.15, 0.2) is 47.5 Å². The number of benzene rings is 2. The van der Waals surface area contributed by atoms with E-state index in [2.05, 4.69) is 15.2 Å². The number of guanidine groups is 1. The van der Waals surface area contributed by atoms with Crippen LogP contribution in [0.1, 0.15) is 42.5 Å². The lowest BCUT2D eigenvalue weighted by Crippen LogP contribution is -2.38. The number of hydrogen-bond donors (Lipinski definition) is 2. The van der Waals surface area contributed by atoms with Gasteiger partial charge in [0.1, 0.15) is 11.6 Å². The Morgan fingerprint density at radius 1 is 1.24 bits per heavy atom. The molecule has 0 radical (unpaired) electrons. The van der Waals surface area contributed by atoms with Crippen molar-refractivity contribution in [3.05, 3.63) is 64.4 Å². The average Bonchev–Trinajstić information content (AvgIpc) is 3.25. The highest BCUT2D eigenvalue weighted by Crippen LogP contribution is 2.33. The van der Waals surface area contributed by atoms with Crippen molar-refractivity contribution in [2.45, 2.75) is 31.3 Å². The summed E-state index contributed by atoms with van der Waals surface area (Å²) < 4.78 is 20.3. The lowest BCUT2D eigenvalue weighted by Gasteiger charge is -2.29. The summed E-state index contributed by atoms with van der Waals surface area (Å²) in [7, 11) is 0. The summed E-state index contributed by atoms with van der Waals surface area (Å²) in [5.41, 5.74) is 7.79. The van der Waals surface area contributed by atoms with Gasteiger partial charge >= 0.3 is 0 Å². The molecule has 2 aliphatic rings. The number of rotatable bonds is 5. The normalized spacial score (nSPS) is 20.8. The fourth-order valence-electron chi connectivity index (χ4n) is 4.17. The van der Waals surface area contributed by atoms with E-state index >= 15 is 0 Å². The van der Waals surface area contributed by atoms with E-state index in [4.69, 9.17) is 22.1 Å². The predicted octanol–water partition coefficient (Wildman–Crippen LogP) is 4.04. The van der Waals surface area contributed by atoms with E-state index in [-0.39, 0.29) is 17.9 Å². The van der Waals surface area contributed by atoms with Gasteiger partial charge in [-0.05, 0) is 44.1 Å². The molecule has 0 saturated carbocycles. The van der Waals surface area contributed by atoms with Crippen LogP contribution in [0.3, 0.4) is 0 Å². The van der Waals surface area contributed by atoms with Gasteiger partial charge in [0, 0.05) is 22.6 Å². The van der Waals surface area contributed by atoms with E-state index < -0.39 is 0 Å². The van der Waals surface area contributed by atoms with Crippen molar-refractivity contribution in [3.8, 4) is 5.75 Å². The molecular weight excluding hydrogens is 391 g/mol. The van der Waals surface area contributed by atoms with Gasteiger partial charge in [-0.25, -0.2) is 4.39 Å². The van der Waals surface area contributed by atoms with Crippen LogP contribution in [-0.2, 0) is 0 Å². The Morgan fingerprint density at radius 2 is 2.03 bits per heavy atom. The maximum atomic E-state index is 14.6. The highest BCUT2D eigenvalue weighted by atomic mass is 35.5. The molecule has 2 heterocycles. The molecule has 1 saturated heterocycles. The summed E-state index contributed by atoms with van der Waals surface area (Å²) in [5, 5.41) is 3.74. The molecule has 5 nitrogen and oxygen atoms in total.